The zero-order valence-corrected chi connectivity index (χ0v) is 10.2. The summed E-state index contributed by atoms with van der Waals surface area (Å²) in [6.45, 7) is 0. The summed E-state index contributed by atoms with van der Waals surface area (Å²) < 4.78 is 10.7. The number of esters is 1. The first-order chi connectivity index (χ1) is 9.65. The SMILES string of the molecule is O=C1OC(c2ccc([N+](=O)[O-])cc2)Oc2ccccc21. The maximum Gasteiger partial charge on any atom is 0.345 e. The van der Waals surface area contributed by atoms with Gasteiger partial charge in [0.05, 0.1) is 4.92 Å². The summed E-state index contributed by atoms with van der Waals surface area (Å²) in [7, 11) is 0. The van der Waals surface area contributed by atoms with Crippen molar-refractivity contribution in [3.63, 3.8) is 0 Å². The Morgan fingerprint density at radius 1 is 1.00 bits per heavy atom. The van der Waals surface area contributed by atoms with E-state index in [9.17, 15) is 14.9 Å². The highest BCUT2D eigenvalue weighted by Crippen LogP contribution is 2.33. The van der Waals surface area contributed by atoms with Crippen LogP contribution in [0, 0.1) is 10.1 Å². The van der Waals surface area contributed by atoms with Crippen LogP contribution >= 0.6 is 0 Å². The van der Waals surface area contributed by atoms with Crippen LogP contribution in [-0.4, -0.2) is 10.9 Å². The quantitative estimate of drug-likeness (QED) is 0.476. The van der Waals surface area contributed by atoms with Crippen LogP contribution in [0.1, 0.15) is 22.2 Å². The second kappa shape index (κ2) is 4.65. The maximum atomic E-state index is 11.8. The molecule has 0 fully saturated rings. The molecule has 0 N–H and O–H groups in total. The third-order valence-corrected chi connectivity index (χ3v) is 2.93. The monoisotopic (exact) mass is 271 g/mol. The zero-order chi connectivity index (χ0) is 14.1. The van der Waals surface area contributed by atoms with E-state index in [1.54, 1.807) is 24.3 Å². The largest absolute Gasteiger partial charge is 0.450 e. The summed E-state index contributed by atoms with van der Waals surface area (Å²) in [6.07, 6.45) is -0.891. The average Bonchev–Trinajstić information content (AvgIpc) is 2.47. The van der Waals surface area contributed by atoms with Gasteiger partial charge in [0.15, 0.2) is 0 Å². The van der Waals surface area contributed by atoms with E-state index in [1.807, 2.05) is 0 Å². The molecular weight excluding hydrogens is 262 g/mol. The van der Waals surface area contributed by atoms with Crippen molar-refractivity contribution in [1.82, 2.24) is 0 Å². The minimum atomic E-state index is -0.891. The fraction of sp³-hybridized carbons (Fsp3) is 0.0714. The lowest BCUT2D eigenvalue weighted by atomic mass is 10.1. The van der Waals surface area contributed by atoms with Gasteiger partial charge in [0, 0.05) is 17.7 Å². The molecule has 20 heavy (non-hydrogen) atoms. The second-order valence-electron chi connectivity index (χ2n) is 4.20. The van der Waals surface area contributed by atoms with Crippen molar-refractivity contribution in [2.24, 2.45) is 0 Å². The maximum absolute atomic E-state index is 11.8. The highest BCUT2D eigenvalue weighted by molar-refractivity contribution is 5.93. The summed E-state index contributed by atoms with van der Waals surface area (Å²) in [6, 6.07) is 12.5. The van der Waals surface area contributed by atoms with Gasteiger partial charge in [0.2, 0.25) is 0 Å². The molecule has 1 unspecified atom stereocenters. The first-order valence-corrected chi connectivity index (χ1v) is 5.86. The van der Waals surface area contributed by atoms with Gasteiger partial charge in [0.25, 0.3) is 12.0 Å². The van der Waals surface area contributed by atoms with Crippen LogP contribution in [0.4, 0.5) is 5.69 Å². The van der Waals surface area contributed by atoms with Gasteiger partial charge in [-0.3, -0.25) is 10.1 Å². The van der Waals surface area contributed by atoms with Crippen LogP contribution in [0.25, 0.3) is 0 Å². The Labute approximate surface area is 113 Å². The molecular formula is C14H9NO5. The van der Waals surface area contributed by atoms with E-state index in [-0.39, 0.29) is 5.69 Å². The standard InChI is InChI=1S/C14H9NO5/c16-13-11-3-1-2-4-12(11)19-14(20-13)9-5-7-10(8-6-9)15(17)18/h1-8,14H. The number of hydrogen-bond acceptors (Lipinski definition) is 5. The Bertz CT molecular complexity index is 680. The molecule has 0 amide bonds. The predicted molar refractivity (Wildman–Crippen MR) is 68.3 cm³/mol. The topological polar surface area (TPSA) is 78.7 Å². The number of hydrogen-bond donors (Lipinski definition) is 0. The molecule has 0 radical (unpaired) electrons. The summed E-state index contributed by atoms with van der Waals surface area (Å²) in [5.74, 6) is -0.0395. The number of nitro benzene ring substituents is 1. The van der Waals surface area contributed by atoms with Crippen molar-refractivity contribution >= 4 is 11.7 Å². The minimum Gasteiger partial charge on any atom is -0.450 e. The molecule has 0 bridgehead atoms. The summed E-state index contributed by atoms with van der Waals surface area (Å²) in [4.78, 5) is 21.9. The van der Waals surface area contributed by atoms with Crippen molar-refractivity contribution in [1.29, 1.82) is 0 Å². The fourth-order valence-corrected chi connectivity index (χ4v) is 1.93. The van der Waals surface area contributed by atoms with Crippen LogP contribution in [0.3, 0.4) is 0 Å². The lowest BCUT2D eigenvalue weighted by Gasteiger charge is -2.25. The lowest BCUT2D eigenvalue weighted by molar-refractivity contribution is -0.384. The molecule has 100 valence electrons. The molecule has 3 rings (SSSR count). The van der Waals surface area contributed by atoms with Gasteiger partial charge in [0.1, 0.15) is 11.3 Å². The van der Waals surface area contributed by atoms with Crippen LogP contribution in [0.2, 0.25) is 0 Å². The predicted octanol–water partition coefficient (Wildman–Crippen LogP) is 2.84. The van der Waals surface area contributed by atoms with E-state index >= 15 is 0 Å². The first-order valence-electron chi connectivity index (χ1n) is 5.86. The average molecular weight is 271 g/mol. The molecule has 0 aliphatic carbocycles. The number of fused-ring (bicyclic) bond motifs is 1. The number of ether oxygens (including phenoxy) is 2. The van der Waals surface area contributed by atoms with Crippen LogP contribution in [0.15, 0.2) is 48.5 Å². The van der Waals surface area contributed by atoms with Gasteiger partial charge >= 0.3 is 5.97 Å². The Morgan fingerprint density at radius 3 is 2.40 bits per heavy atom. The van der Waals surface area contributed by atoms with Crippen LogP contribution in [-0.2, 0) is 4.74 Å². The number of carbonyl (C=O) groups excluding carboxylic acids is 1. The van der Waals surface area contributed by atoms with E-state index in [4.69, 9.17) is 9.47 Å². The van der Waals surface area contributed by atoms with E-state index in [0.717, 1.165) is 0 Å². The number of cyclic esters (lactones) is 1. The van der Waals surface area contributed by atoms with Gasteiger partial charge in [-0.2, -0.15) is 0 Å². The van der Waals surface area contributed by atoms with Crippen molar-refractivity contribution in [3.8, 4) is 5.75 Å². The smallest absolute Gasteiger partial charge is 0.345 e. The zero-order valence-electron chi connectivity index (χ0n) is 10.2. The Kier molecular flexibility index (Phi) is 2.83. The van der Waals surface area contributed by atoms with E-state index in [1.165, 1.54) is 24.3 Å². The molecule has 1 aliphatic rings. The van der Waals surface area contributed by atoms with Crippen molar-refractivity contribution in [2.45, 2.75) is 6.29 Å². The molecule has 6 nitrogen and oxygen atoms in total. The third kappa shape index (κ3) is 2.07. The molecule has 1 atom stereocenters. The van der Waals surface area contributed by atoms with Crippen molar-refractivity contribution in [2.75, 3.05) is 0 Å². The molecule has 6 heteroatoms. The van der Waals surface area contributed by atoms with Crippen LogP contribution < -0.4 is 4.74 Å². The second-order valence-corrected chi connectivity index (χ2v) is 4.20. The molecule has 0 aromatic heterocycles. The summed E-state index contributed by atoms with van der Waals surface area (Å²) in [5, 5.41) is 10.6. The van der Waals surface area contributed by atoms with Gasteiger partial charge in [-0.05, 0) is 24.3 Å². The normalized spacial score (nSPS) is 16.8. The molecule has 0 spiro atoms. The highest BCUT2D eigenvalue weighted by atomic mass is 16.7. The number of rotatable bonds is 2. The summed E-state index contributed by atoms with van der Waals surface area (Å²) >= 11 is 0. The number of nitrogens with zero attached hydrogens (tertiary/aromatic N) is 1. The molecule has 2 aromatic carbocycles. The minimum absolute atomic E-state index is 0.0312. The van der Waals surface area contributed by atoms with E-state index in [2.05, 4.69) is 0 Å². The lowest BCUT2D eigenvalue weighted by Crippen LogP contribution is -2.23. The Balaban J connectivity index is 1.90. The van der Waals surface area contributed by atoms with Crippen molar-refractivity contribution in [3.05, 3.63) is 69.8 Å². The summed E-state index contributed by atoms with van der Waals surface area (Å²) in [5.41, 5.74) is 0.875. The number of benzene rings is 2. The number of non-ortho nitro benzene ring substituents is 1. The van der Waals surface area contributed by atoms with E-state index < -0.39 is 17.2 Å². The molecule has 0 saturated carbocycles. The number of carbonyl (C=O) groups is 1. The van der Waals surface area contributed by atoms with Gasteiger partial charge < -0.3 is 9.47 Å². The van der Waals surface area contributed by atoms with Crippen molar-refractivity contribution < 1.29 is 19.2 Å². The molecule has 1 heterocycles. The molecule has 2 aromatic rings. The number of nitro groups is 1. The third-order valence-electron chi connectivity index (χ3n) is 2.93. The van der Waals surface area contributed by atoms with Gasteiger partial charge in [-0.25, -0.2) is 4.79 Å². The van der Waals surface area contributed by atoms with Crippen LogP contribution in [0.5, 0.6) is 5.75 Å². The van der Waals surface area contributed by atoms with Gasteiger partial charge in [-0.15, -0.1) is 0 Å². The van der Waals surface area contributed by atoms with Gasteiger partial charge in [-0.1, -0.05) is 12.1 Å². The van der Waals surface area contributed by atoms with E-state index in [0.29, 0.717) is 16.9 Å². The Hall–Kier alpha value is -2.89. The molecule has 1 aliphatic heterocycles. The molecule has 0 saturated heterocycles. The number of para-hydroxylation sites is 1. The fourth-order valence-electron chi connectivity index (χ4n) is 1.93. The highest BCUT2D eigenvalue weighted by Gasteiger charge is 2.28. The Morgan fingerprint density at radius 2 is 1.70 bits per heavy atom. The first kappa shape index (κ1) is 12.2.